The highest BCUT2D eigenvalue weighted by Crippen LogP contribution is 2.21. The van der Waals surface area contributed by atoms with Gasteiger partial charge in [-0.3, -0.25) is 9.59 Å². The Bertz CT molecular complexity index is 877. The molecule has 0 aromatic heterocycles. The zero-order chi connectivity index (χ0) is 19.9. The van der Waals surface area contributed by atoms with E-state index < -0.39 is 18.5 Å². The molecule has 1 fully saturated rings. The first kappa shape index (κ1) is 19.4. The van der Waals surface area contributed by atoms with Gasteiger partial charge in [0.1, 0.15) is 5.75 Å². The van der Waals surface area contributed by atoms with Crippen molar-refractivity contribution < 1.29 is 23.9 Å². The smallest absolute Gasteiger partial charge is 0.344 e. The minimum atomic E-state index is -0.656. The molecule has 2 aromatic carbocycles. The van der Waals surface area contributed by atoms with Crippen LogP contribution in [-0.2, 0) is 14.3 Å². The van der Waals surface area contributed by atoms with Crippen molar-refractivity contribution in [3.63, 3.8) is 0 Å². The minimum absolute atomic E-state index is 0.214. The van der Waals surface area contributed by atoms with Gasteiger partial charge in [0.15, 0.2) is 13.2 Å². The van der Waals surface area contributed by atoms with Crippen molar-refractivity contribution in [1.29, 1.82) is 0 Å². The molecule has 1 aliphatic rings. The average Bonchev–Trinajstić information content (AvgIpc) is 3.49. The lowest BCUT2D eigenvalue weighted by atomic mass is 10.1. The monoisotopic (exact) mass is 382 g/mol. The lowest BCUT2D eigenvalue weighted by Gasteiger charge is -2.11. The van der Waals surface area contributed by atoms with E-state index in [-0.39, 0.29) is 18.6 Å². The van der Waals surface area contributed by atoms with E-state index in [1.165, 1.54) is 0 Å². The van der Waals surface area contributed by atoms with Gasteiger partial charge < -0.3 is 20.1 Å². The van der Waals surface area contributed by atoms with Gasteiger partial charge in [-0.1, -0.05) is 24.3 Å². The molecule has 0 bridgehead atoms. The van der Waals surface area contributed by atoms with Crippen LogP contribution >= 0.6 is 0 Å². The number of para-hydroxylation sites is 1. The molecule has 0 aliphatic heterocycles. The Labute approximate surface area is 163 Å². The molecule has 2 amide bonds. The second-order valence-electron chi connectivity index (χ2n) is 6.61. The van der Waals surface area contributed by atoms with Crippen molar-refractivity contribution in [3.05, 3.63) is 59.7 Å². The van der Waals surface area contributed by atoms with Crippen LogP contribution in [0, 0.1) is 6.92 Å². The molecule has 0 saturated heterocycles. The molecule has 0 radical (unpaired) electrons. The highest BCUT2D eigenvalue weighted by Gasteiger charge is 2.25. The molecular weight excluding hydrogens is 360 g/mol. The summed E-state index contributed by atoms with van der Waals surface area (Å²) in [7, 11) is 0. The van der Waals surface area contributed by atoms with Crippen molar-refractivity contribution in [2.45, 2.75) is 25.8 Å². The molecule has 0 spiro atoms. The van der Waals surface area contributed by atoms with E-state index >= 15 is 0 Å². The lowest BCUT2D eigenvalue weighted by molar-refractivity contribution is -0.149. The Morgan fingerprint density at radius 1 is 1.04 bits per heavy atom. The summed E-state index contributed by atoms with van der Waals surface area (Å²) < 4.78 is 10.3. The first-order valence-corrected chi connectivity index (χ1v) is 9.06. The fraction of sp³-hybridized carbons (Fsp3) is 0.286. The zero-order valence-corrected chi connectivity index (χ0v) is 15.6. The van der Waals surface area contributed by atoms with Crippen LogP contribution in [0.1, 0.15) is 28.8 Å². The van der Waals surface area contributed by atoms with Crippen LogP contribution < -0.4 is 15.4 Å². The number of esters is 1. The Hall–Kier alpha value is -3.35. The number of benzene rings is 2. The van der Waals surface area contributed by atoms with E-state index in [4.69, 9.17) is 9.47 Å². The molecule has 1 saturated carbocycles. The molecule has 0 atom stereocenters. The molecule has 1 aliphatic carbocycles. The van der Waals surface area contributed by atoms with E-state index in [9.17, 15) is 14.4 Å². The minimum Gasteiger partial charge on any atom is -0.482 e. The molecule has 146 valence electrons. The summed E-state index contributed by atoms with van der Waals surface area (Å²) in [4.78, 5) is 36.1. The Morgan fingerprint density at radius 3 is 2.57 bits per heavy atom. The second-order valence-corrected chi connectivity index (χ2v) is 6.61. The van der Waals surface area contributed by atoms with Gasteiger partial charge in [-0.25, -0.2) is 4.79 Å². The van der Waals surface area contributed by atoms with Gasteiger partial charge in [-0.05, 0) is 49.6 Å². The topological polar surface area (TPSA) is 93.7 Å². The number of hydrogen-bond acceptors (Lipinski definition) is 5. The Balaban J connectivity index is 1.46. The largest absolute Gasteiger partial charge is 0.482 e. The summed E-state index contributed by atoms with van der Waals surface area (Å²) in [6, 6.07) is 14.2. The molecular formula is C21H22N2O5. The Kier molecular flexibility index (Phi) is 6.26. The number of carbonyl (C=O) groups excluding carboxylic acids is 3. The quantitative estimate of drug-likeness (QED) is 0.684. The summed E-state index contributed by atoms with van der Waals surface area (Å²) in [5.41, 5.74) is 1.75. The first-order chi connectivity index (χ1) is 13.5. The third kappa shape index (κ3) is 5.84. The molecule has 2 N–H and O–H groups in total. The molecule has 7 heteroatoms. The number of anilines is 1. The van der Waals surface area contributed by atoms with Gasteiger partial charge in [0.25, 0.3) is 11.8 Å². The van der Waals surface area contributed by atoms with Gasteiger partial charge in [-0.2, -0.15) is 0 Å². The number of rotatable bonds is 8. The summed E-state index contributed by atoms with van der Waals surface area (Å²) in [6.07, 6.45) is 1.95. The van der Waals surface area contributed by atoms with Crippen molar-refractivity contribution in [2.24, 2.45) is 0 Å². The fourth-order valence-corrected chi connectivity index (χ4v) is 2.50. The summed E-state index contributed by atoms with van der Waals surface area (Å²) in [5.74, 6) is -0.869. The molecule has 7 nitrogen and oxygen atoms in total. The maximum Gasteiger partial charge on any atom is 0.344 e. The Morgan fingerprint density at radius 2 is 1.82 bits per heavy atom. The average molecular weight is 382 g/mol. The van der Waals surface area contributed by atoms with Gasteiger partial charge in [0.05, 0.1) is 11.3 Å². The van der Waals surface area contributed by atoms with Crippen LogP contribution in [0.5, 0.6) is 5.75 Å². The van der Waals surface area contributed by atoms with Gasteiger partial charge in [0.2, 0.25) is 0 Å². The number of carbonyl (C=O) groups is 3. The van der Waals surface area contributed by atoms with Gasteiger partial charge in [0, 0.05) is 6.04 Å². The molecule has 0 heterocycles. The van der Waals surface area contributed by atoms with Crippen molar-refractivity contribution in [2.75, 3.05) is 18.5 Å². The lowest BCUT2D eigenvalue weighted by Crippen LogP contribution is -2.28. The normalized spacial score (nSPS) is 12.8. The summed E-state index contributed by atoms with van der Waals surface area (Å²) in [6.45, 7) is 1.16. The number of ether oxygens (including phenoxy) is 2. The number of hydrogen-bond donors (Lipinski definition) is 2. The summed E-state index contributed by atoms with van der Waals surface area (Å²) >= 11 is 0. The van der Waals surface area contributed by atoms with Gasteiger partial charge >= 0.3 is 5.97 Å². The SMILES string of the molecule is Cc1cccc(OCC(=O)OCC(=O)Nc2ccccc2C(=O)NC2CC2)c1. The van der Waals surface area contributed by atoms with Crippen LogP contribution in [0.2, 0.25) is 0 Å². The van der Waals surface area contributed by atoms with Crippen molar-refractivity contribution >= 4 is 23.5 Å². The molecule has 0 unspecified atom stereocenters. The van der Waals surface area contributed by atoms with Crippen LogP contribution in [0.3, 0.4) is 0 Å². The van der Waals surface area contributed by atoms with E-state index in [1.807, 2.05) is 19.1 Å². The third-order valence-corrected chi connectivity index (χ3v) is 4.07. The highest BCUT2D eigenvalue weighted by molar-refractivity contribution is 6.04. The van der Waals surface area contributed by atoms with Crippen LogP contribution in [0.4, 0.5) is 5.69 Å². The van der Waals surface area contributed by atoms with E-state index in [0.29, 0.717) is 17.0 Å². The highest BCUT2D eigenvalue weighted by atomic mass is 16.6. The van der Waals surface area contributed by atoms with Crippen molar-refractivity contribution in [1.82, 2.24) is 5.32 Å². The van der Waals surface area contributed by atoms with Crippen molar-refractivity contribution in [3.8, 4) is 5.75 Å². The van der Waals surface area contributed by atoms with Crippen LogP contribution in [0.15, 0.2) is 48.5 Å². The predicted octanol–water partition coefficient (Wildman–Crippen LogP) is 2.45. The predicted molar refractivity (Wildman–Crippen MR) is 103 cm³/mol. The second kappa shape index (κ2) is 9.03. The summed E-state index contributed by atoms with van der Waals surface area (Å²) in [5, 5.41) is 5.48. The number of nitrogens with one attached hydrogen (secondary N) is 2. The molecule has 2 aromatic rings. The fourth-order valence-electron chi connectivity index (χ4n) is 2.50. The zero-order valence-electron chi connectivity index (χ0n) is 15.6. The number of amides is 2. The third-order valence-electron chi connectivity index (χ3n) is 4.07. The maximum atomic E-state index is 12.2. The number of aryl methyl sites for hydroxylation is 1. The van der Waals surface area contributed by atoms with Crippen LogP contribution in [0.25, 0.3) is 0 Å². The first-order valence-electron chi connectivity index (χ1n) is 9.06. The molecule has 3 rings (SSSR count). The van der Waals surface area contributed by atoms with E-state index in [2.05, 4.69) is 10.6 Å². The van der Waals surface area contributed by atoms with E-state index in [1.54, 1.807) is 36.4 Å². The molecule has 28 heavy (non-hydrogen) atoms. The maximum absolute atomic E-state index is 12.2. The van der Waals surface area contributed by atoms with Gasteiger partial charge in [-0.15, -0.1) is 0 Å². The van der Waals surface area contributed by atoms with Crippen LogP contribution in [-0.4, -0.2) is 37.0 Å². The van der Waals surface area contributed by atoms with E-state index in [0.717, 1.165) is 18.4 Å². The standard InChI is InChI=1S/C21H22N2O5/c1-14-5-4-6-16(11-14)27-13-20(25)28-12-19(24)23-18-8-3-2-7-17(18)21(26)22-15-9-10-15/h2-8,11,15H,9-10,12-13H2,1H3,(H,22,26)(H,23,24).